The van der Waals surface area contributed by atoms with Gasteiger partial charge in [0.1, 0.15) is 11.6 Å². The molecule has 0 aliphatic carbocycles. The van der Waals surface area contributed by atoms with Crippen LogP contribution in [0.15, 0.2) is 18.7 Å². The van der Waals surface area contributed by atoms with E-state index in [2.05, 4.69) is 11.3 Å². The molecule has 1 nitrogen and oxygen atoms in total. The van der Waals surface area contributed by atoms with Crippen LogP contribution in [-0.4, -0.2) is 7.11 Å². The third-order valence-electron chi connectivity index (χ3n) is 1.56. The zero-order valence-electron chi connectivity index (χ0n) is 6.90. The molecule has 0 saturated heterocycles. The van der Waals surface area contributed by atoms with Gasteiger partial charge in [0, 0.05) is 6.07 Å². The molecule has 13 heavy (non-hydrogen) atoms. The summed E-state index contributed by atoms with van der Waals surface area (Å²) in [5.74, 6) is -3.30. The highest BCUT2D eigenvalue weighted by molar-refractivity contribution is 5.57. The molecule has 0 N–H and O–H groups in total. The number of rotatable bonds is 2. The Morgan fingerprint density at radius 2 is 1.69 bits per heavy atom. The lowest BCUT2D eigenvalue weighted by atomic mass is 10.2. The molecule has 0 amide bonds. The first-order valence-electron chi connectivity index (χ1n) is 3.44. The summed E-state index contributed by atoms with van der Waals surface area (Å²) in [7, 11) is 1.27. The summed E-state index contributed by atoms with van der Waals surface area (Å²) in [5, 5.41) is 0. The highest BCUT2D eigenvalue weighted by Gasteiger charge is 2.11. The monoisotopic (exact) mass is 188 g/mol. The van der Waals surface area contributed by atoms with Crippen molar-refractivity contribution in [3.63, 3.8) is 0 Å². The Morgan fingerprint density at radius 3 is 2.23 bits per heavy atom. The molecule has 0 radical (unpaired) electrons. The lowest BCUT2D eigenvalue weighted by Gasteiger charge is -2.05. The van der Waals surface area contributed by atoms with E-state index in [1.165, 1.54) is 7.11 Å². The van der Waals surface area contributed by atoms with Crippen LogP contribution in [0, 0.1) is 17.5 Å². The molecule has 0 aromatic heterocycles. The van der Waals surface area contributed by atoms with Crippen LogP contribution in [-0.2, 0) is 4.74 Å². The average Bonchev–Trinajstić information content (AvgIpc) is 2.10. The Hall–Kier alpha value is -1.45. The number of hydrogen-bond acceptors (Lipinski definition) is 1. The summed E-state index contributed by atoms with van der Waals surface area (Å²) in [4.78, 5) is 0. The van der Waals surface area contributed by atoms with Crippen LogP contribution >= 0.6 is 0 Å². The summed E-state index contributed by atoms with van der Waals surface area (Å²) in [5.41, 5.74) is -0.179. The van der Waals surface area contributed by atoms with E-state index in [9.17, 15) is 13.2 Å². The molecule has 4 heteroatoms. The van der Waals surface area contributed by atoms with E-state index in [0.29, 0.717) is 12.1 Å². The molecule has 1 aromatic carbocycles. The summed E-state index contributed by atoms with van der Waals surface area (Å²) in [6.45, 7) is 3.32. The number of ether oxygens (including phenoxy) is 1. The molecule has 0 bridgehead atoms. The topological polar surface area (TPSA) is 9.23 Å². The smallest absolute Gasteiger partial charge is 0.161 e. The standard InChI is InChI=1S/C9H7F3O/c1-5(13-2)6-3-8(11)9(12)4-7(6)10/h3-4H,1H2,2H3. The normalized spacial score (nSPS) is 9.85. The quantitative estimate of drug-likeness (QED) is 0.512. The summed E-state index contributed by atoms with van der Waals surface area (Å²) < 4.78 is 42.6. The molecule has 0 fully saturated rings. The maximum absolute atomic E-state index is 12.9. The fraction of sp³-hybridized carbons (Fsp3) is 0.111. The van der Waals surface area contributed by atoms with Crippen LogP contribution in [0.3, 0.4) is 0 Å². The van der Waals surface area contributed by atoms with Gasteiger partial charge >= 0.3 is 0 Å². The fourth-order valence-corrected chi connectivity index (χ4v) is 0.846. The molecule has 1 aromatic rings. The molecular formula is C9H7F3O. The number of hydrogen-bond donors (Lipinski definition) is 0. The van der Waals surface area contributed by atoms with Gasteiger partial charge in [0.15, 0.2) is 11.6 Å². The largest absolute Gasteiger partial charge is 0.497 e. The predicted octanol–water partition coefficient (Wildman–Crippen LogP) is 2.72. The highest BCUT2D eigenvalue weighted by Crippen LogP contribution is 2.20. The second-order valence-corrected chi connectivity index (χ2v) is 2.37. The van der Waals surface area contributed by atoms with Crippen molar-refractivity contribution in [1.29, 1.82) is 0 Å². The summed E-state index contributed by atoms with van der Waals surface area (Å²) >= 11 is 0. The zero-order valence-corrected chi connectivity index (χ0v) is 6.90. The SMILES string of the molecule is C=C(OC)c1cc(F)c(F)cc1F. The Balaban J connectivity index is 3.23. The van der Waals surface area contributed by atoms with Crippen molar-refractivity contribution in [2.75, 3.05) is 7.11 Å². The van der Waals surface area contributed by atoms with Crippen LogP contribution in [0.2, 0.25) is 0 Å². The van der Waals surface area contributed by atoms with E-state index in [-0.39, 0.29) is 11.3 Å². The number of methoxy groups -OCH3 is 1. The Labute approximate surface area is 73.4 Å². The Kier molecular flexibility index (Phi) is 2.60. The molecule has 0 atom stereocenters. The van der Waals surface area contributed by atoms with Crippen molar-refractivity contribution in [2.45, 2.75) is 0 Å². The second kappa shape index (κ2) is 3.51. The van der Waals surface area contributed by atoms with Crippen LogP contribution in [0.25, 0.3) is 5.76 Å². The molecule has 70 valence electrons. The van der Waals surface area contributed by atoms with Gasteiger partial charge in [-0.3, -0.25) is 0 Å². The van der Waals surface area contributed by atoms with E-state index in [4.69, 9.17) is 0 Å². The Morgan fingerprint density at radius 1 is 1.15 bits per heavy atom. The molecule has 0 saturated carbocycles. The van der Waals surface area contributed by atoms with Gasteiger partial charge in [-0.2, -0.15) is 0 Å². The minimum absolute atomic E-state index is 0.0450. The van der Waals surface area contributed by atoms with Crippen LogP contribution in [0.1, 0.15) is 5.56 Å². The van der Waals surface area contributed by atoms with Gasteiger partial charge in [-0.1, -0.05) is 6.58 Å². The maximum atomic E-state index is 12.9. The summed E-state index contributed by atoms with van der Waals surface area (Å²) in [6, 6.07) is 1.16. The van der Waals surface area contributed by atoms with Crippen molar-refractivity contribution in [2.24, 2.45) is 0 Å². The van der Waals surface area contributed by atoms with E-state index < -0.39 is 17.5 Å². The highest BCUT2D eigenvalue weighted by atomic mass is 19.2. The third-order valence-corrected chi connectivity index (χ3v) is 1.56. The van der Waals surface area contributed by atoms with Crippen molar-refractivity contribution in [1.82, 2.24) is 0 Å². The lowest BCUT2D eigenvalue weighted by Crippen LogP contribution is -1.95. The first kappa shape index (κ1) is 9.64. The average molecular weight is 188 g/mol. The predicted molar refractivity (Wildman–Crippen MR) is 42.4 cm³/mol. The second-order valence-electron chi connectivity index (χ2n) is 2.37. The van der Waals surface area contributed by atoms with E-state index in [1.54, 1.807) is 0 Å². The van der Waals surface area contributed by atoms with E-state index in [1.807, 2.05) is 0 Å². The van der Waals surface area contributed by atoms with Crippen molar-refractivity contribution in [3.8, 4) is 0 Å². The van der Waals surface area contributed by atoms with Crippen molar-refractivity contribution in [3.05, 3.63) is 41.7 Å². The zero-order chi connectivity index (χ0) is 10.0. The van der Waals surface area contributed by atoms with E-state index in [0.717, 1.165) is 0 Å². The molecular weight excluding hydrogens is 181 g/mol. The van der Waals surface area contributed by atoms with Gasteiger partial charge < -0.3 is 4.74 Å². The van der Waals surface area contributed by atoms with E-state index >= 15 is 0 Å². The Bertz CT molecular complexity index is 347. The minimum Gasteiger partial charge on any atom is -0.497 e. The fourth-order valence-electron chi connectivity index (χ4n) is 0.846. The lowest BCUT2D eigenvalue weighted by molar-refractivity contribution is 0.367. The summed E-state index contributed by atoms with van der Waals surface area (Å²) in [6.07, 6.45) is 0. The van der Waals surface area contributed by atoms with Crippen LogP contribution in [0.4, 0.5) is 13.2 Å². The van der Waals surface area contributed by atoms with Crippen molar-refractivity contribution >= 4 is 5.76 Å². The molecule has 0 aliphatic rings. The molecule has 1 rings (SSSR count). The van der Waals surface area contributed by atoms with Gasteiger partial charge in [0.2, 0.25) is 0 Å². The van der Waals surface area contributed by atoms with Crippen LogP contribution in [0.5, 0.6) is 0 Å². The van der Waals surface area contributed by atoms with Gasteiger partial charge in [0.25, 0.3) is 0 Å². The van der Waals surface area contributed by atoms with Crippen LogP contribution < -0.4 is 0 Å². The first-order chi connectivity index (χ1) is 6.06. The number of halogens is 3. The van der Waals surface area contributed by atoms with Gasteiger partial charge in [-0.15, -0.1) is 0 Å². The third kappa shape index (κ3) is 1.83. The first-order valence-corrected chi connectivity index (χ1v) is 3.44. The molecule has 0 heterocycles. The number of benzene rings is 1. The molecule has 0 aliphatic heterocycles. The van der Waals surface area contributed by atoms with Gasteiger partial charge in [-0.05, 0) is 6.07 Å². The maximum Gasteiger partial charge on any atom is 0.161 e. The van der Waals surface area contributed by atoms with Gasteiger partial charge in [-0.25, -0.2) is 13.2 Å². The van der Waals surface area contributed by atoms with Gasteiger partial charge in [0.05, 0.1) is 12.7 Å². The van der Waals surface area contributed by atoms with Crippen molar-refractivity contribution < 1.29 is 17.9 Å². The molecule has 0 spiro atoms. The molecule has 0 unspecified atom stereocenters. The minimum atomic E-state index is -1.23.